The van der Waals surface area contributed by atoms with E-state index >= 15 is 0 Å². The first-order chi connectivity index (χ1) is 6.15. The van der Waals surface area contributed by atoms with Crippen LogP contribution in [0.15, 0.2) is 0 Å². The van der Waals surface area contributed by atoms with E-state index < -0.39 is 5.97 Å². The van der Waals surface area contributed by atoms with E-state index in [1.54, 1.807) is 0 Å². The Hall–Kier alpha value is -0.570. The summed E-state index contributed by atoms with van der Waals surface area (Å²) in [4.78, 5) is 13.1. The van der Waals surface area contributed by atoms with Crippen molar-refractivity contribution in [1.82, 2.24) is 4.90 Å². The first kappa shape index (κ1) is 10.5. The molecule has 0 amide bonds. The van der Waals surface area contributed by atoms with Crippen LogP contribution in [-0.4, -0.2) is 35.6 Å². The van der Waals surface area contributed by atoms with Gasteiger partial charge in [-0.15, -0.1) is 0 Å². The Morgan fingerprint density at radius 1 is 1.54 bits per heavy atom. The second kappa shape index (κ2) is 4.61. The maximum absolute atomic E-state index is 10.7. The molecule has 0 saturated carbocycles. The van der Waals surface area contributed by atoms with Crippen LogP contribution >= 0.6 is 0 Å². The molecule has 0 aromatic heterocycles. The molecule has 76 valence electrons. The molecule has 3 nitrogen and oxygen atoms in total. The van der Waals surface area contributed by atoms with Crippen molar-refractivity contribution in [3.8, 4) is 0 Å². The standard InChI is InChI=1S/C10H19NO2/c1-3-11-6-4-9(5-7-11)8(2)10(12)13/h8-9H,3-7H2,1-2H3,(H,12,13). The van der Waals surface area contributed by atoms with E-state index in [9.17, 15) is 4.79 Å². The summed E-state index contributed by atoms with van der Waals surface area (Å²) in [7, 11) is 0. The monoisotopic (exact) mass is 185 g/mol. The van der Waals surface area contributed by atoms with Gasteiger partial charge in [-0.2, -0.15) is 0 Å². The Morgan fingerprint density at radius 3 is 2.46 bits per heavy atom. The van der Waals surface area contributed by atoms with Gasteiger partial charge >= 0.3 is 5.97 Å². The minimum atomic E-state index is -0.644. The van der Waals surface area contributed by atoms with Crippen LogP contribution < -0.4 is 0 Å². The van der Waals surface area contributed by atoms with E-state index in [4.69, 9.17) is 5.11 Å². The molecule has 1 heterocycles. The predicted octanol–water partition coefficient (Wildman–Crippen LogP) is 1.44. The lowest BCUT2D eigenvalue weighted by molar-refractivity contribution is -0.143. The molecule has 13 heavy (non-hydrogen) atoms. The van der Waals surface area contributed by atoms with Gasteiger partial charge in [0.15, 0.2) is 0 Å². The number of piperidine rings is 1. The van der Waals surface area contributed by atoms with Crippen LogP contribution in [0.1, 0.15) is 26.7 Å². The summed E-state index contributed by atoms with van der Waals surface area (Å²) >= 11 is 0. The normalized spacial score (nSPS) is 22.9. The van der Waals surface area contributed by atoms with Crippen molar-refractivity contribution in [1.29, 1.82) is 0 Å². The second-order valence-electron chi connectivity index (χ2n) is 3.90. The zero-order valence-electron chi connectivity index (χ0n) is 8.49. The van der Waals surface area contributed by atoms with E-state index in [-0.39, 0.29) is 5.92 Å². The van der Waals surface area contributed by atoms with Gasteiger partial charge in [-0.05, 0) is 38.4 Å². The molecule has 1 saturated heterocycles. The van der Waals surface area contributed by atoms with Crippen LogP contribution in [0.4, 0.5) is 0 Å². The molecule has 0 radical (unpaired) electrons. The molecular weight excluding hydrogens is 166 g/mol. The molecule has 0 aromatic carbocycles. The number of carboxylic acids is 1. The highest BCUT2D eigenvalue weighted by molar-refractivity contribution is 5.69. The number of nitrogens with zero attached hydrogens (tertiary/aromatic N) is 1. The first-order valence-electron chi connectivity index (χ1n) is 5.10. The van der Waals surface area contributed by atoms with Crippen molar-refractivity contribution in [2.75, 3.05) is 19.6 Å². The molecular formula is C10H19NO2. The molecule has 1 unspecified atom stereocenters. The molecule has 0 bridgehead atoms. The topological polar surface area (TPSA) is 40.5 Å². The molecule has 1 aliphatic heterocycles. The van der Waals surface area contributed by atoms with Crippen LogP contribution in [0, 0.1) is 11.8 Å². The number of rotatable bonds is 3. The third kappa shape index (κ3) is 2.69. The van der Waals surface area contributed by atoms with Gasteiger partial charge < -0.3 is 10.0 Å². The quantitative estimate of drug-likeness (QED) is 0.723. The number of carbonyl (C=O) groups is 1. The smallest absolute Gasteiger partial charge is 0.306 e. The highest BCUT2D eigenvalue weighted by Crippen LogP contribution is 2.24. The molecule has 0 aromatic rings. The van der Waals surface area contributed by atoms with Crippen molar-refractivity contribution in [3.05, 3.63) is 0 Å². The Kier molecular flexibility index (Phi) is 3.72. The molecule has 3 heteroatoms. The summed E-state index contributed by atoms with van der Waals surface area (Å²) in [5, 5.41) is 8.84. The minimum absolute atomic E-state index is 0.168. The highest BCUT2D eigenvalue weighted by atomic mass is 16.4. The Bertz CT molecular complexity index is 174. The lowest BCUT2D eigenvalue weighted by Gasteiger charge is -2.32. The van der Waals surface area contributed by atoms with Crippen LogP contribution in [0.2, 0.25) is 0 Å². The Labute approximate surface area is 79.7 Å². The number of hydrogen-bond donors (Lipinski definition) is 1. The van der Waals surface area contributed by atoms with Gasteiger partial charge in [0.2, 0.25) is 0 Å². The molecule has 1 fully saturated rings. The van der Waals surface area contributed by atoms with E-state index in [1.807, 2.05) is 6.92 Å². The van der Waals surface area contributed by atoms with Crippen LogP contribution in [0.3, 0.4) is 0 Å². The van der Waals surface area contributed by atoms with Crippen LogP contribution in [-0.2, 0) is 4.79 Å². The summed E-state index contributed by atoms with van der Waals surface area (Å²) in [6.07, 6.45) is 2.09. The molecule has 1 aliphatic rings. The maximum atomic E-state index is 10.7. The van der Waals surface area contributed by atoms with Gasteiger partial charge in [-0.1, -0.05) is 13.8 Å². The molecule has 0 aliphatic carbocycles. The van der Waals surface area contributed by atoms with E-state index in [2.05, 4.69) is 11.8 Å². The van der Waals surface area contributed by atoms with Crippen molar-refractivity contribution in [2.24, 2.45) is 11.8 Å². The lowest BCUT2D eigenvalue weighted by atomic mass is 9.85. The van der Waals surface area contributed by atoms with Gasteiger partial charge in [0.25, 0.3) is 0 Å². The highest BCUT2D eigenvalue weighted by Gasteiger charge is 2.26. The molecule has 0 spiro atoms. The van der Waals surface area contributed by atoms with Gasteiger partial charge in [0.05, 0.1) is 5.92 Å². The Morgan fingerprint density at radius 2 is 2.08 bits per heavy atom. The predicted molar refractivity (Wildman–Crippen MR) is 51.6 cm³/mol. The summed E-state index contributed by atoms with van der Waals surface area (Å²) in [6.45, 7) is 7.21. The summed E-state index contributed by atoms with van der Waals surface area (Å²) in [5.74, 6) is -0.422. The number of hydrogen-bond acceptors (Lipinski definition) is 2. The third-order valence-corrected chi connectivity index (χ3v) is 3.18. The van der Waals surface area contributed by atoms with Crippen molar-refractivity contribution < 1.29 is 9.90 Å². The Balaban J connectivity index is 2.36. The minimum Gasteiger partial charge on any atom is -0.481 e. The summed E-state index contributed by atoms with van der Waals surface area (Å²) in [6, 6.07) is 0. The summed E-state index contributed by atoms with van der Waals surface area (Å²) in [5.41, 5.74) is 0. The fourth-order valence-electron chi connectivity index (χ4n) is 1.97. The fourth-order valence-corrected chi connectivity index (χ4v) is 1.97. The van der Waals surface area contributed by atoms with Gasteiger partial charge in [-0.25, -0.2) is 0 Å². The van der Waals surface area contributed by atoms with E-state index in [1.165, 1.54) is 0 Å². The maximum Gasteiger partial charge on any atom is 0.306 e. The second-order valence-corrected chi connectivity index (χ2v) is 3.90. The van der Waals surface area contributed by atoms with Crippen LogP contribution in [0.25, 0.3) is 0 Å². The molecule has 1 N–H and O–H groups in total. The van der Waals surface area contributed by atoms with Gasteiger partial charge in [0, 0.05) is 0 Å². The average Bonchev–Trinajstić information content (AvgIpc) is 2.17. The SMILES string of the molecule is CCN1CCC(C(C)C(=O)O)CC1. The lowest BCUT2D eigenvalue weighted by Crippen LogP contribution is -2.37. The van der Waals surface area contributed by atoms with Crippen molar-refractivity contribution in [2.45, 2.75) is 26.7 Å². The molecule has 1 atom stereocenters. The van der Waals surface area contributed by atoms with Crippen molar-refractivity contribution >= 4 is 5.97 Å². The zero-order valence-corrected chi connectivity index (χ0v) is 8.49. The average molecular weight is 185 g/mol. The summed E-state index contributed by atoms with van der Waals surface area (Å²) < 4.78 is 0. The van der Waals surface area contributed by atoms with Gasteiger partial charge in [0.1, 0.15) is 0 Å². The first-order valence-corrected chi connectivity index (χ1v) is 5.10. The molecule has 1 rings (SSSR count). The van der Waals surface area contributed by atoms with Crippen molar-refractivity contribution in [3.63, 3.8) is 0 Å². The fraction of sp³-hybridized carbons (Fsp3) is 0.900. The number of likely N-dealkylation sites (tertiary alicyclic amines) is 1. The van der Waals surface area contributed by atoms with Gasteiger partial charge in [-0.3, -0.25) is 4.79 Å². The zero-order chi connectivity index (χ0) is 9.84. The third-order valence-electron chi connectivity index (χ3n) is 3.18. The number of aliphatic carboxylic acids is 1. The van der Waals surface area contributed by atoms with E-state index in [0.717, 1.165) is 32.5 Å². The van der Waals surface area contributed by atoms with E-state index in [0.29, 0.717) is 5.92 Å². The largest absolute Gasteiger partial charge is 0.481 e. The number of carboxylic acid groups (broad SMARTS) is 1. The van der Waals surface area contributed by atoms with Crippen LogP contribution in [0.5, 0.6) is 0 Å².